The number of benzene rings is 2. The van der Waals surface area contributed by atoms with Crippen molar-refractivity contribution >= 4 is 11.8 Å². The van der Waals surface area contributed by atoms with E-state index >= 15 is 0 Å². The van der Waals surface area contributed by atoms with Gasteiger partial charge in [0.1, 0.15) is 0 Å². The molecular formula is C17H20N2O3. The van der Waals surface area contributed by atoms with Crippen molar-refractivity contribution in [3.05, 3.63) is 54.6 Å². The fourth-order valence-corrected chi connectivity index (χ4v) is 1.98. The molecule has 0 heterocycles. The summed E-state index contributed by atoms with van der Waals surface area (Å²) in [6.07, 6.45) is -0.767. The number of hydrogen-bond donors (Lipinski definition) is 1. The summed E-state index contributed by atoms with van der Waals surface area (Å²) in [6.45, 7) is 3.57. The van der Waals surface area contributed by atoms with E-state index in [1.54, 1.807) is 13.8 Å². The molecule has 2 rings (SSSR count). The number of nitrogens with one attached hydrogen (secondary N) is 1. The van der Waals surface area contributed by atoms with Gasteiger partial charge in [0.25, 0.3) is 0 Å². The van der Waals surface area contributed by atoms with Crippen LogP contribution in [-0.4, -0.2) is 19.3 Å². The summed E-state index contributed by atoms with van der Waals surface area (Å²) >= 11 is 0. The average molecular weight is 300 g/mol. The Hall–Kier alpha value is -2.53. The second kappa shape index (κ2) is 7.47. The number of amides is 1. The topological polar surface area (TPSA) is 50.8 Å². The quantitative estimate of drug-likeness (QED) is 0.854. The van der Waals surface area contributed by atoms with Crippen molar-refractivity contribution in [2.45, 2.75) is 20.0 Å². The van der Waals surface area contributed by atoms with Gasteiger partial charge in [-0.25, -0.2) is 10.2 Å². The first kappa shape index (κ1) is 15.9. The monoisotopic (exact) mass is 300 g/mol. The van der Waals surface area contributed by atoms with Crippen molar-refractivity contribution in [2.24, 2.45) is 0 Å². The zero-order valence-corrected chi connectivity index (χ0v) is 12.9. The van der Waals surface area contributed by atoms with Crippen LogP contribution in [0.5, 0.6) is 0 Å². The Bertz CT molecular complexity index is 614. The second-order valence-corrected chi connectivity index (χ2v) is 4.96. The van der Waals surface area contributed by atoms with Crippen LogP contribution in [0.25, 0.3) is 11.1 Å². The van der Waals surface area contributed by atoms with Crippen LogP contribution >= 0.6 is 0 Å². The highest BCUT2D eigenvalue weighted by molar-refractivity contribution is 5.72. The number of nitrogens with zero attached hydrogens (tertiary/aromatic N) is 1. The molecule has 1 N–H and O–H groups in total. The first-order valence-corrected chi connectivity index (χ1v) is 7.07. The van der Waals surface area contributed by atoms with E-state index in [9.17, 15) is 4.79 Å². The highest BCUT2D eigenvalue weighted by Crippen LogP contribution is 2.24. The van der Waals surface area contributed by atoms with Gasteiger partial charge in [0.2, 0.25) is 0 Å². The van der Waals surface area contributed by atoms with Crippen molar-refractivity contribution in [1.29, 1.82) is 0 Å². The Kier molecular flexibility index (Phi) is 5.38. The fourth-order valence-electron chi connectivity index (χ4n) is 1.98. The Balaban J connectivity index is 2.18. The molecule has 0 aliphatic heterocycles. The number of ether oxygens (including phenoxy) is 1. The molecule has 0 bridgehead atoms. The fraction of sp³-hybridized carbons (Fsp3) is 0.235. The Labute approximate surface area is 130 Å². The summed E-state index contributed by atoms with van der Waals surface area (Å²) in [5.41, 5.74) is 5.36. The molecule has 22 heavy (non-hydrogen) atoms. The van der Waals surface area contributed by atoms with Crippen LogP contribution in [0, 0.1) is 0 Å². The number of anilines is 1. The summed E-state index contributed by atoms with van der Waals surface area (Å²) in [5, 5.41) is 1.27. The lowest BCUT2D eigenvalue weighted by Gasteiger charge is -2.22. The molecule has 0 atom stereocenters. The van der Waals surface area contributed by atoms with Gasteiger partial charge in [0, 0.05) is 0 Å². The molecule has 1 amide bonds. The first-order chi connectivity index (χ1) is 10.6. The first-order valence-electron chi connectivity index (χ1n) is 7.07. The molecule has 0 aromatic heterocycles. The van der Waals surface area contributed by atoms with Crippen LogP contribution in [0.4, 0.5) is 10.5 Å². The minimum atomic E-state index is -0.568. The zero-order valence-electron chi connectivity index (χ0n) is 12.9. The van der Waals surface area contributed by atoms with Gasteiger partial charge in [0.05, 0.1) is 18.9 Å². The Morgan fingerprint density at radius 1 is 1.05 bits per heavy atom. The Morgan fingerprint density at radius 2 is 1.73 bits per heavy atom. The average Bonchev–Trinajstić information content (AvgIpc) is 2.53. The standard InChI is InChI=1S/C17H20N2O3/c1-13(2)22-17(20)18-19(21-3)16-11-7-10-15(12-16)14-8-5-4-6-9-14/h4-13H,1-3H3,(H,18,20). The lowest BCUT2D eigenvalue weighted by atomic mass is 10.1. The normalized spacial score (nSPS) is 10.4. The summed E-state index contributed by atoms with van der Waals surface area (Å²) < 4.78 is 5.05. The van der Waals surface area contributed by atoms with Crippen molar-refractivity contribution in [3.8, 4) is 11.1 Å². The maximum atomic E-state index is 11.7. The molecule has 0 spiro atoms. The van der Waals surface area contributed by atoms with E-state index in [-0.39, 0.29) is 6.10 Å². The van der Waals surface area contributed by atoms with Gasteiger partial charge in [-0.05, 0) is 37.1 Å². The second-order valence-electron chi connectivity index (χ2n) is 4.96. The van der Waals surface area contributed by atoms with E-state index in [0.717, 1.165) is 11.1 Å². The van der Waals surface area contributed by atoms with Crippen molar-refractivity contribution in [2.75, 3.05) is 12.3 Å². The van der Waals surface area contributed by atoms with E-state index in [2.05, 4.69) is 5.43 Å². The number of hydrazine groups is 1. The predicted molar refractivity (Wildman–Crippen MR) is 86.1 cm³/mol. The highest BCUT2D eigenvalue weighted by atomic mass is 16.7. The van der Waals surface area contributed by atoms with Crippen LogP contribution in [-0.2, 0) is 9.57 Å². The van der Waals surface area contributed by atoms with Gasteiger partial charge < -0.3 is 4.74 Å². The molecular weight excluding hydrogens is 280 g/mol. The molecule has 2 aromatic rings. The third-order valence-corrected chi connectivity index (χ3v) is 2.91. The van der Waals surface area contributed by atoms with Gasteiger partial charge in [-0.15, -0.1) is 0 Å². The van der Waals surface area contributed by atoms with Gasteiger partial charge in [-0.2, -0.15) is 5.17 Å². The Morgan fingerprint density at radius 3 is 2.36 bits per heavy atom. The number of carbonyl (C=O) groups excluding carboxylic acids is 1. The number of rotatable bonds is 5. The molecule has 0 fully saturated rings. The van der Waals surface area contributed by atoms with Crippen molar-refractivity contribution in [1.82, 2.24) is 5.43 Å². The SMILES string of the molecule is CON(NC(=O)OC(C)C)c1cccc(-c2ccccc2)c1. The summed E-state index contributed by atoms with van der Waals surface area (Å²) in [6, 6.07) is 17.6. The summed E-state index contributed by atoms with van der Waals surface area (Å²) in [5.74, 6) is 0. The smallest absolute Gasteiger partial charge is 0.428 e. The lowest BCUT2D eigenvalue weighted by Crippen LogP contribution is -2.42. The minimum Gasteiger partial charge on any atom is -0.446 e. The van der Waals surface area contributed by atoms with E-state index in [0.29, 0.717) is 5.69 Å². The largest absolute Gasteiger partial charge is 0.446 e. The van der Waals surface area contributed by atoms with Crippen molar-refractivity contribution in [3.63, 3.8) is 0 Å². The molecule has 0 radical (unpaired) electrons. The van der Waals surface area contributed by atoms with Gasteiger partial charge in [0.15, 0.2) is 0 Å². The molecule has 0 saturated carbocycles. The van der Waals surface area contributed by atoms with E-state index < -0.39 is 6.09 Å². The van der Waals surface area contributed by atoms with E-state index in [1.807, 2.05) is 54.6 Å². The molecule has 2 aromatic carbocycles. The molecule has 0 unspecified atom stereocenters. The van der Waals surface area contributed by atoms with E-state index in [1.165, 1.54) is 12.3 Å². The minimum absolute atomic E-state index is 0.200. The van der Waals surface area contributed by atoms with Crippen LogP contribution in [0.15, 0.2) is 54.6 Å². The summed E-state index contributed by atoms with van der Waals surface area (Å²) in [7, 11) is 1.48. The maximum absolute atomic E-state index is 11.7. The predicted octanol–water partition coefficient (Wildman–Crippen LogP) is 3.77. The summed E-state index contributed by atoms with van der Waals surface area (Å²) in [4.78, 5) is 16.9. The molecule has 0 aliphatic rings. The van der Waals surface area contributed by atoms with E-state index in [4.69, 9.17) is 9.57 Å². The third kappa shape index (κ3) is 4.23. The van der Waals surface area contributed by atoms with Crippen LogP contribution in [0.2, 0.25) is 0 Å². The molecule has 0 saturated heterocycles. The molecule has 116 valence electrons. The van der Waals surface area contributed by atoms with Gasteiger partial charge in [-0.3, -0.25) is 4.84 Å². The molecule has 5 nitrogen and oxygen atoms in total. The highest BCUT2D eigenvalue weighted by Gasteiger charge is 2.12. The van der Waals surface area contributed by atoms with Gasteiger partial charge >= 0.3 is 6.09 Å². The molecule has 5 heteroatoms. The maximum Gasteiger partial charge on any atom is 0.428 e. The van der Waals surface area contributed by atoms with Crippen LogP contribution in [0.3, 0.4) is 0 Å². The van der Waals surface area contributed by atoms with Crippen LogP contribution in [0.1, 0.15) is 13.8 Å². The van der Waals surface area contributed by atoms with Gasteiger partial charge in [-0.1, -0.05) is 42.5 Å². The van der Waals surface area contributed by atoms with Crippen LogP contribution < -0.4 is 10.6 Å². The number of hydrogen-bond acceptors (Lipinski definition) is 4. The van der Waals surface area contributed by atoms with Crippen molar-refractivity contribution < 1.29 is 14.4 Å². The lowest BCUT2D eigenvalue weighted by molar-refractivity contribution is 0.0847. The third-order valence-electron chi connectivity index (χ3n) is 2.91. The molecule has 0 aliphatic carbocycles. The number of carbonyl (C=O) groups is 1. The zero-order chi connectivity index (χ0) is 15.9.